The standard InChI is InChI=1S/C11H21N/c1-9-7-8-10(2)12(9)11-5-3-4-6-11/h9-11H,3-8H2,1-2H3. The van der Waals surface area contributed by atoms with Crippen molar-refractivity contribution in [1.82, 2.24) is 4.90 Å². The molecule has 1 saturated carbocycles. The number of rotatable bonds is 1. The molecule has 1 nitrogen and oxygen atoms in total. The van der Waals surface area contributed by atoms with Gasteiger partial charge in [0, 0.05) is 18.1 Å². The summed E-state index contributed by atoms with van der Waals surface area (Å²) in [5.74, 6) is 0. The van der Waals surface area contributed by atoms with Crippen molar-refractivity contribution < 1.29 is 0 Å². The quantitative estimate of drug-likeness (QED) is 0.580. The van der Waals surface area contributed by atoms with Crippen molar-refractivity contribution >= 4 is 0 Å². The maximum absolute atomic E-state index is 2.78. The first kappa shape index (κ1) is 8.55. The van der Waals surface area contributed by atoms with Gasteiger partial charge in [-0.3, -0.25) is 4.90 Å². The van der Waals surface area contributed by atoms with E-state index in [1.54, 1.807) is 0 Å². The molecule has 0 N–H and O–H groups in total. The summed E-state index contributed by atoms with van der Waals surface area (Å²) in [7, 11) is 0. The smallest absolute Gasteiger partial charge is 0.0101 e. The summed E-state index contributed by atoms with van der Waals surface area (Å²) in [6, 6.07) is 2.67. The number of nitrogens with zero attached hydrogens (tertiary/aromatic N) is 1. The van der Waals surface area contributed by atoms with Crippen LogP contribution in [0.5, 0.6) is 0 Å². The fourth-order valence-electron chi connectivity index (χ4n) is 3.14. The van der Waals surface area contributed by atoms with Crippen molar-refractivity contribution in [1.29, 1.82) is 0 Å². The first-order valence-electron chi connectivity index (χ1n) is 5.56. The van der Waals surface area contributed by atoms with Gasteiger partial charge < -0.3 is 0 Å². The fourth-order valence-corrected chi connectivity index (χ4v) is 3.14. The van der Waals surface area contributed by atoms with E-state index >= 15 is 0 Å². The van der Waals surface area contributed by atoms with E-state index in [0.717, 1.165) is 18.1 Å². The van der Waals surface area contributed by atoms with Gasteiger partial charge in [-0.15, -0.1) is 0 Å². The molecule has 0 bridgehead atoms. The van der Waals surface area contributed by atoms with Crippen molar-refractivity contribution in [2.24, 2.45) is 0 Å². The average molecular weight is 167 g/mol. The van der Waals surface area contributed by atoms with Crippen LogP contribution >= 0.6 is 0 Å². The Bertz CT molecular complexity index is 139. The third-order valence-corrected chi connectivity index (χ3v) is 3.77. The topological polar surface area (TPSA) is 3.24 Å². The van der Waals surface area contributed by atoms with E-state index in [2.05, 4.69) is 18.7 Å². The SMILES string of the molecule is CC1CCC(C)N1C1CCCC1. The van der Waals surface area contributed by atoms with Crippen LogP contribution in [-0.4, -0.2) is 23.0 Å². The molecule has 2 unspecified atom stereocenters. The molecule has 0 spiro atoms. The molecule has 0 radical (unpaired) electrons. The first-order chi connectivity index (χ1) is 5.79. The van der Waals surface area contributed by atoms with Crippen molar-refractivity contribution in [3.8, 4) is 0 Å². The molecule has 2 aliphatic rings. The molecule has 2 atom stereocenters. The minimum Gasteiger partial charge on any atom is -0.295 e. The molecule has 2 fully saturated rings. The van der Waals surface area contributed by atoms with Crippen LogP contribution in [0.2, 0.25) is 0 Å². The van der Waals surface area contributed by atoms with E-state index in [1.165, 1.54) is 38.5 Å². The van der Waals surface area contributed by atoms with Gasteiger partial charge >= 0.3 is 0 Å². The lowest BCUT2D eigenvalue weighted by Crippen LogP contribution is -2.40. The molecule has 1 aliphatic carbocycles. The highest BCUT2D eigenvalue weighted by atomic mass is 15.2. The minimum atomic E-state index is 0.864. The Balaban J connectivity index is 1.99. The zero-order valence-corrected chi connectivity index (χ0v) is 8.42. The fraction of sp³-hybridized carbons (Fsp3) is 1.00. The third-order valence-electron chi connectivity index (χ3n) is 3.77. The number of hydrogen-bond acceptors (Lipinski definition) is 1. The third kappa shape index (κ3) is 1.39. The van der Waals surface area contributed by atoms with Crippen LogP contribution in [0.4, 0.5) is 0 Å². The molecule has 1 aliphatic heterocycles. The molecule has 1 heteroatoms. The lowest BCUT2D eigenvalue weighted by Gasteiger charge is -2.32. The van der Waals surface area contributed by atoms with E-state index in [4.69, 9.17) is 0 Å². The van der Waals surface area contributed by atoms with Gasteiger partial charge in [-0.1, -0.05) is 12.8 Å². The lowest BCUT2D eigenvalue weighted by atomic mass is 10.1. The van der Waals surface area contributed by atoms with E-state index in [1.807, 2.05) is 0 Å². The van der Waals surface area contributed by atoms with Crippen LogP contribution in [0.1, 0.15) is 52.4 Å². The molecular weight excluding hydrogens is 146 g/mol. The van der Waals surface area contributed by atoms with Crippen molar-refractivity contribution in [3.63, 3.8) is 0 Å². The molecule has 1 saturated heterocycles. The molecule has 0 aromatic carbocycles. The second-order valence-corrected chi connectivity index (χ2v) is 4.66. The summed E-state index contributed by atoms with van der Waals surface area (Å²) in [6.07, 6.45) is 8.74. The van der Waals surface area contributed by atoms with E-state index in [0.29, 0.717) is 0 Å². The van der Waals surface area contributed by atoms with Gasteiger partial charge in [0.15, 0.2) is 0 Å². The molecule has 1 heterocycles. The second kappa shape index (κ2) is 3.37. The van der Waals surface area contributed by atoms with Gasteiger partial charge in [0.25, 0.3) is 0 Å². The Morgan fingerprint density at radius 2 is 1.33 bits per heavy atom. The maximum Gasteiger partial charge on any atom is 0.0101 e. The molecule has 2 rings (SSSR count). The monoisotopic (exact) mass is 167 g/mol. The van der Waals surface area contributed by atoms with Gasteiger partial charge in [0.2, 0.25) is 0 Å². The van der Waals surface area contributed by atoms with Crippen LogP contribution in [0.25, 0.3) is 0 Å². The Morgan fingerprint density at radius 3 is 1.83 bits per heavy atom. The normalized spacial score (nSPS) is 39.5. The van der Waals surface area contributed by atoms with E-state index in [9.17, 15) is 0 Å². The van der Waals surface area contributed by atoms with Gasteiger partial charge in [-0.05, 0) is 39.5 Å². The van der Waals surface area contributed by atoms with Crippen LogP contribution in [0.3, 0.4) is 0 Å². The molecule has 12 heavy (non-hydrogen) atoms. The highest BCUT2D eigenvalue weighted by Crippen LogP contribution is 2.33. The minimum absolute atomic E-state index is 0.864. The highest BCUT2D eigenvalue weighted by Gasteiger charge is 2.34. The molecule has 70 valence electrons. The van der Waals surface area contributed by atoms with Gasteiger partial charge in [-0.25, -0.2) is 0 Å². The highest BCUT2D eigenvalue weighted by molar-refractivity contribution is 4.89. The van der Waals surface area contributed by atoms with Crippen molar-refractivity contribution in [2.45, 2.75) is 70.5 Å². The van der Waals surface area contributed by atoms with Crippen molar-refractivity contribution in [2.75, 3.05) is 0 Å². The van der Waals surface area contributed by atoms with Gasteiger partial charge in [0.05, 0.1) is 0 Å². The lowest BCUT2D eigenvalue weighted by molar-refractivity contribution is 0.147. The summed E-state index contributed by atoms with van der Waals surface area (Å²) in [6.45, 7) is 4.81. The molecule has 0 aromatic heterocycles. The predicted molar refractivity (Wildman–Crippen MR) is 52.3 cm³/mol. The van der Waals surface area contributed by atoms with E-state index in [-0.39, 0.29) is 0 Å². The number of hydrogen-bond donors (Lipinski definition) is 0. The summed E-state index contributed by atoms with van der Waals surface area (Å²) in [5.41, 5.74) is 0. The molecule has 0 aromatic rings. The zero-order valence-electron chi connectivity index (χ0n) is 8.42. The number of likely N-dealkylation sites (tertiary alicyclic amines) is 1. The molecule has 0 amide bonds. The summed E-state index contributed by atoms with van der Waals surface area (Å²) < 4.78 is 0. The maximum atomic E-state index is 2.78. The Kier molecular flexibility index (Phi) is 2.40. The zero-order chi connectivity index (χ0) is 8.55. The average Bonchev–Trinajstić information content (AvgIpc) is 2.61. The van der Waals surface area contributed by atoms with Crippen LogP contribution in [-0.2, 0) is 0 Å². The van der Waals surface area contributed by atoms with Crippen LogP contribution in [0.15, 0.2) is 0 Å². The molecular formula is C11H21N. The summed E-state index contributed by atoms with van der Waals surface area (Å²) >= 11 is 0. The Hall–Kier alpha value is -0.0400. The summed E-state index contributed by atoms with van der Waals surface area (Å²) in [5, 5.41) is 0. The van der Waals surface area contributed by atoms with Gasteiger partial charge in [-0.2, -0.15) is 0 Å². The van der Waals surface area contributed by atoms with Crippen molar-refractivity contribution in [3.05, 3.63) is 0 Å². The predicted octanol–water partition coefficient (Wildman–Crippen LogP) is 2.80. The van der Waals surface area contributed by atoms with E-state index < -0.39 is 0 Å². The largest absolute Gasteiger partial charge is 0.295 e. The second-order valence-electron chi connectivity index (χ2n) is 4.66. The van der Waals surface area contributed by atoms with Crippen LogP contribution in [0, 0.1) is 0 Å². The summed E-state index contributed by atoms with van der Waals surface area (Å²) in [4.78, 5) is 2.78. The Labute approximate surface area is 76.1 Å². The van der Waals surface area contributed by atoms with Crippen LogP contribution < -0.4 is 0 Å². The first-order valence-corrected chi connectivity index (χ1v) is 5.56. The van der Waals surface area contributed by atoms with Gasteiger partial charge in [0.1, 0.15) is 0 Å². The Morgan fingerprint density at radius 1 is 0.833 bits per heavy atom.